The Kier molecular flexibility index (Phi) is 7.18. The molecule has 0 fully saturated rings. The summed E-state index contributed by atoms with van der Waals surface area (Å²) in [6.45, 7) is 2.17. The number of methoxy groups -OCH3 is 2. The molecule has 0 aliphatic rings. The van der Waals surface area contributed by atoms with Crippen molar-refractivity contribution in [2.45, 2.75) is 26.6 Å². The van der Waals surface area contributed by atoms with Gasteiger partial charge >= 0.3 is 6.18 Å². The van der Waals surface area contributed by atoms with E-state index in [0.717, 1.165) is 11.3 Å². The van der Waals surface area contributed by atoms with Gasteiger partial charge in [-0.25, -0.2) is 4.98 Å². The fraction of sp³-hybridized carbons (Fsp3) is 0.333. The van der Waals surface area contributed by atoms with Gasteiger partial charge in [0, 0.05) is 18.4 Å². The number of carbonyl (C=O) groups is 2. The average molecular weight is 482 g/mol. The lowest BCUT2D eigenvalue weighted by Crippen LogP contribution is -2.33. The molecule has 12 heteroatoms. The Morgan fingerprint density at radius 1 is 1.12 bits per heavy atom. The minimum atomic E-state index is -4.52. The van der Waals surface area contributed by atoms with E-state index in [0.29, 0.717) is 43.6 Å². The lowest BCUT2D eigenvalue weighted by atomic mass is 10.1. The number of nitrogens with one attached hydrogen (secondary N) is 2. The number of nitrogens with zero attached hydrogens (tertiary/aromatic N) is 2. The van der Waals surface area contributed by atoms with E-state index >= 15 is 0 Å². The van der Waals surface area contributed by atoms with Crippen LogP contribution in [0.25, 0.3) is 10.2 Å². The van der Waals surface area contributed by atoms with E-state index in [4.69, 9.17) is 9.47 Å². The maximum absolute atomic E-state index is 13.0. The number of ether oxygens (including phenoxy) is 2. The number of rotatable bonds is 7. The highest BCUT2D eigenvalue weighted by Gasteiger charge is 2.28. The van der Waals surface area contributed by atoms with E-state index in [9.17, 15) is 22.8 Å². The zero-order valence-electron chi connectivity index (χ0n) is 18.2. The fourth-order valence-corrected chi connectivity index (χ4v) is 4.15. The van der Waals surface area contributed by atoms with E-state index in [1.165, 1.54) is 26.4 Å². The van der Waals surface area contributed by atoms with Gasteiger partial charge in [-0.1, -0.05) is 6.07 Å². The van der Waals surface area contributed by atoms with Crippen molar-refractivity contribution in [1.82, 2.24) is 15.3 Å². The van der Waals surface area contributed by atoms with Gasteiger partial charge in [0.05, 0.1) is 17.4 Å². The molecule has 0 spiro atoms. The Bertz CT molecular complexity index is 1210. The molecule has 0 aliphatic heterocycles. The number of halogens is 3. The van der Waals surface area contributed by atoms with Crippen LogP contribution >= 0.6 is 11.3 Å². The van der Waals surface area contributed by atoms with Gasteiger partial charge in [-0.3, -0.25) is 9.59 Å². The van der Waals surface area contributed by atoms with Gasteiger partial charge in [-0.2, -0.15) is 18.2 Å². The van der Waals surface area contributed by atoms with E-state index in [2.05, 4.69) is 15.3 Å². The zero-order chi connectivity index (χ0) is 24.3. The molecule has 176 valence electrons. The van der Waals surface area contributed by atoms with Crippen LogP contribution in [0.15, 0.2) is 18.2 Å². The predicted molar refractivity (Wildman–Crippen MR) is 117 cm³/mol. The van der Waals surface area contributed by atoms with E-state index in [1.807, 2.05) is 5.32 Å². The first-order chi connectivity index (χ1) is 15.5. The van der Waals surface area contributed by atoms with Crippen molar-refractivity contribution in [2.75, 3.05) is 26.1 Å². The summed E-state index contributed by atoms with van der Waals surface area (Å²) in [5.41, 5.74) is 1.54. The molecule has 3 aromatic rings. The van der Waals surface area contributed by atoms with E-state index < -0.39 is 24.5 Å². The quantitative estimate of drug-likeness (QED) is 0.528. The van der Waals surface area contributed by atoms with Gasteiger partial charge in [-0.15, -0.1) is 11.3 Å². The summed E-state index contributed by atoms with van der Waals surface area (Å²) in [4.78, 5) is 34.7. The van der Waals surface area contributed by atoms with Crippen molar-refractivity contribution < 1.29 is 32.2 Å². The number of hydrogen-bond acceptors (Lipinski definition) is 7. The number of carbonyl (C=O) groups excluding carboxylic acids is 2. The number of hydrogen-bond donors (Lipinski definition) is 2. The number of thiophene rings is 1. The topological polar surface area (TPSA) is 102 Å². The van der Waals surface area contributed by atoms with Gasteiger partial charge in [-0.05, 0) is 37.1 Å². The van der Waals surface area contributed by atoms with Crippen LogP contribution in [0.4, 0.5) is 18.9 Å². The molecule has 2 amide bonds. The molecule has 0 aliphatic carbocycles. The summed E-state index contributed by atoms with van der Waals surface area (Å²) < 4.78 is 47.6. The molecule has 8 nitrogen and oxygen atoms in total. The van der Waals surface area contributed by atoms with Crippen LogP contribution in [0.3, 0.4) is 0 Å². The molecular weight excluding hydrogens is 461 g/mol. The average Bonchev–Trinajstić information content (AvgIpc) is 3.09. The number of benzene rings is 1. The van der Waals surface area contributed by atoms with Gasteiger partial charge in [0.15, 0.2) is 5.82 Å². The normalized spacial score (nSPS) is 11.5. The minimum absolute atomic E-state index is 0.00930. The van der Waals surface area contributed by atoms with Gasteiger partial charge in [0.2, 0.25) is 5.88 Å². The van der Waals surface area contributed by atoms with Crippen molar-refractivity contribution in [1.29, 1.82) is 0 Å². The van der Waals surface area contributed by atoms with Crippen LogP contribution < -0.4 is 15.4 Å². The number of fused-ring (bicyclic) bond motifs is 1. The third kappa shape index (κ3) is 5.57. The van der Waals surface area contributed by atoms with Crippen molar-refractivity contribution >= 4 is 39.1 Å². The van der Waals surface area contributed by atoms with E-state index in [-0.39, 0.29) is 12.2 Å². The Balaban J connectivity index is 1.89. The minimum Gasteiger partial charge on any atom is -0.480 e. The Labute approximate surface area is 191 Å². The highest BCUT2D eigenvalue weighted by atomic mass is 32.1. The van der Waals surface area contributed by atoms with Crippen LogP contribution in [0.2, 0.25) is 0 Å². The van der Waals surface area contributed by atoms with Crippen LogP contribution in [0, 0.1) is 13.8 Å². The van der Waals surface area contributed by atoms with Crippen molar-refractivity contribution in [3.63, 3.8) is 0 Å². The second-order valence-corrected chi connectivity index (χ2v) is 8.10. The molecule has 0 radical (unpaired) electrons. The van der Waals surface area contributed by atoms with Crippen molar-refractivity contribution in [2.24, 2.45) is 0 Å². The lowest BCUT2D eigenvalue weighted by molar-refractivity contribution is -0.123. The number of alkyl halides is 3. The van der Waals surface area contributed by atoms with Crippen LogP contribution in [-0.2, 0) is 11.3 Å². The molecule has 2 N–H and O–H groups in total. The third-order valence-electron chi connectivity index (χ3n) is 4.67. The van der Waals surface area contributed by atoms with Crippen molar-refractivity contribution in [3.05, 3.63) is 45.6 Å². The maximum atomic E-state index is 13.0. The standard InChI is InChI=1S/C21H21F3N4O4S/c1-10-5-6-12(17(29)25-9-21(22,23)24)7-13(10)26-18(30)16-11(2)15-19(32-4)27-14(8-31-3)28-20(15)33-16/h5-7H,8-9H2,1-4H3,(H,25,29)(H,26,30). The number of aromatic nitrogens is 2. The molecule has 3 rings (SSSR count). The Morgan fingerprint density at radius 3 is 2.48 bits per heavy atom. The first-order valence-electron chi connectivity index (χ1n) is 9.64. The van der Waals surface area contributed by atoms with Crippen LogP contribution in [-0.4, -0.2) is 48.7 Å². The number of amides is 2. The number of aryl methyl sites for hydroxylation is 2. The zero-order valence-corrected chi connectivity index (χ0v) is 19.0. The monoisotopic (exact) mass is 482 g/mol. The molecule has 33 heavy (non-hydrogen) atoms. The molecule has 0 bridgehead atoms. The fourth-order valence-electron chi connectivity index (χ4n) is 3.06. The first kappa shape index (κ1) is 24.4. The van der Waals surface area contributed by atoms with Crippen LogP contribution in [0.1, 0.15) is 37.0 Å². The Morgan fingerprint density at radius 2 is 1.85 bits per heavy atom. The molecule has 0 atom stereocenters. The summed E-state index contributed by atoms with van der Waals surface area (Å²) >= 11 is 1.15. The summed E-state index contributed by atoms with van der Waals surface area (Å²) in [5, 5.41) is 5.14. The molecule has 0 saturated heterocycles. The second kappa shape index (κ2) is 9.71. The molecule has 2 heterocycles. The first-order valence-corrected chi connectivity index (χ1v) is 10.5. The number of anilines is 1. The molecule has 0 saturated carbocycles. The van der Waals surface area contributed by atoms with Gasteiger partial charge in [0.1, 0.15) is 18.0 Å². The predicted octanol–water partition coefficient (Wildman–Crippen LogP) is 4.01. The van der Waals surface area contributed by atoms with E-state index in [1.54, 1.807) is 19.9 Å². The molecule has 2 aromatic heterocycles. The highest BCUT2D eigenvalue weighted by Crippen LogP contribution is 2.35. The third-order valence-corrected chi connectivity index (χ3v) is 5.86. The smallest absolute Gasteiger partial charge is 0.405 e. The molecule has 1 aromatic carbocycles. The summed E-state index contributed by atoms with van der Waals surface area (Å²) in [6, 6.07) is 4.26. The Hall–Kier alpha value is -3.25. The summed E-state index contributed by atoms with van der Waals surface area (Å²) in [5.74, 6) is -0.629. The maximum Gasteiger partial charge on any atom is 0.405 e. The van der Waals surface area contributed by atoms with Crippen LogP contribution in [0.5, 0.6) is 5.88 Å². The summed E-state index contributed by atoms with van der Waals surface area (Å²) in [7, 11) is 2.98. The van der Waals surface area contributed by atoms with Gasteiger partial charge in [0.25, 0.3) is 11.8 Å². The highest BCUT2D eigenvalue weighted by molar-refractivity contribution is 7.20. The lowest BCUT2D eigenvalue weighted by Gasteiger charge is -2.12. The van der Waals surface area contributed by atoms with Crippen molar-refractivity contribution in [3.8, 4) is 5.88 Å². The molecule has 0 unspecified atom stereocenters. The summed E-state index contributed by atoms with van der Waals surface area (Å²) in [6.07, 6.45) is -4.52. The second-order valence-electron chi connectivity index (χ2n) is 7.10. The van der Waals surface area contributed by atoms with Gasteiger partial charge < -0.3 is 20.1 Å². The largest absolute Gasteiger partial charge is 0.480 e. The SMILES string of the molecule is COCc1nc(OC)c2c(C)c(C(=O)Nc3cc(C(=O)NCC(F)(F)F)ccc3C)sc2n1. The molecular formula is C21H21F3N4O4S.